The van der Waals surface area contributed by atoms with Crippen LogP contribution >= 0.6 is 0 Å². The number of para-hydroxylation sites is 1. The summed E-state index contributed by atoms with van der Waals surface area (Å²) < 4.78 is 11.2. The minimum absolute atomic E-state index is 0.0784. The fraction of sp³-hybridized carbons (Fsp3) is 0.667. The lowest BCUT2D eigenvalue weighted by molar-refractivity contribution is -0.129. The van der Waals surface area contributed by atoms with E-state index in [0.29, 0.717) is 11.9 Å². The van der Waals surface area contributed by atoms with Crippen molar-refractivity contribution in [1.29, 1.82) is 0 Å². The van der Waals surface area contributed by atoms with Gasteiger partial charge in [-0.15, -0.1) is 0 Å². The third kappa shape index (κ3) is 8.31. The molecule has 178 valence electrons. The van der Waals surface area contributed by atoms with Gasteiger partial charge in [0.2, 0.25) is 5.91 Å². The fourth-order valence-corrected chi connectivity index (χ4v) is 3.99. The zero-order chi connectivity index (χ0) is 22.4. The van der Waals surface area contributed by atoms with Gasteiger partial charge < -0.3 is 29.9 Å². The van der Waals surface area contributed by atoms with E-state index in [2.05, 4.69) is 44.8 Å². The highest BCUT2D eigenvalue weighted by Gasteiger charge is 2.21. The van der Waals surface area contributed by atoms with Crippen molar-refractivity contribution in [2.24, 2.45) is 10.9 Å². The maximum absolute atomic E-state index is 12.6. The van der Waals surface area contributed by atoms with Crippen molar-refractivity contribution in [2.45, 2.75) is 26.2 Å². The summed E-state index contributed by atoms with van der Waals surface area (Å²) in [6.07, 6.45) is 3.11. The first kappa shape index (κ1) is 24.3. The summed E-state index contributed by atoms with van der Waals surface area (Å²) in [6.45, 7) is 10.2. The molecule has 1 aromatic rings. The number of rotatable bonds is 10. The van der Waals surface area contributed by atoms with E-state index in [1.807, 2.05) is 17.9 Å². The van der Waals surface area contributed by atoms with Gasteiger partial charge in [-0.3, -0.25) is 4.79 Å². The summed E-state index contributed by atoms with van der Waals surface area (Å²) in [5, 5.41) is 6.52. The SMILES string of the molecule is CCNC(=NCC(=O)N1CCN(c2ccccc2)CC1)NCCCOCC1CCOCC1. The maximum atomic E-state index is 12.6. The number of guanidine groups is 1. The number of carbonyl (C=O) groups excluding carboxylic acids is 1. The van der Waals surface area contributed by atoms with Crippen molar-refractivity contribution in [3.8, 4) is 0 Å². The number of amides is 1. The second-order valence-corrected chi connectivity index (χ2v) is 8.31. The van der Waals surface area contributed by atoms with Crippen molar-refractivity contribution in [3.63, 3.8) is 0 Å². The molecule has 0 atom stereocenters. The number of piperazine rings is 1. The van der Waals surface area contributed by atoms with Crippen LogP contribution in [0.2, 0.25) is 0 Å². The zero-order valence-corrected chi connectivity index (χ0v) is 19.4. The first-order valence-corrected chi connectivity index (χ1v) is 12.0. The maximum Gasteiger partial charge on any atom is 0.244 e. The number of ether oxygens (including phenoxy) is 2. The molecule has 0 aliphatic carbocycles. The van der Waals surface area contributed by atoms with Crippen LogP contribution in [0.4, 0.5) is 5.69 Å². The van der Waals surface area contributed by atoms with E-state index in [1.54, 1.807) is 0 Å². The Labute approximate surface area is 192 Å². The van der Waals surface area contributed by atoms with E-state index in [0.717, 1.165) is 85.0 Å². The van der Waals surface area contributed by atoms with Crippen molar-refractivity contribution in [2.75, 3.05) is 77.1 Å². The lowest BCUT2D eigenvalue weighted by Crippen LogP contribution is -2.49. The summed E-state index contributed by atoms with van der Waals surface area (Å²) in [4.78, 5) is 21.4. The van der Waals surface area contributed by atoms with Crippen molar-refractivity contribution in [3.05, 3.63) is 30.3 Å². The lowest BCUT2D eigenvalue weighted by atomic mass is 10.0. The number of aliphatic imine (C=N–C) groups is 1. The fourth-order valence-electron chi connectivity index (χ4n) is 3.99. The van der Waals surface area contributed by atoms with Crippen LogP contribution in [-0.2, 0) is 14.3 Å². The molecule has 2 N–H and O–H groups in total. The van der Waals surface area contributed by atoms with Crippen LogP contribution < -0.4 is 15.5 Å². The lowest BCUT2D eigenvalue weighted by Gasteiger charge is -2.36. The molecule has 0 bridgehead atoms. The Bertz CT molecular complexity index is 686. The summed E-state index contributed by atoms with van der Waals surface area (Å²) >= 11 is 0. The highest BCUT2D eigenvalue weighted by Crippen LogP contribution is 2.16. The summed E-state index contributed by atoms with van der Waals surface area (Å²) in [7, 11) is 0. The van der Waals surface area contributed by atoms with Crippen LogP contribution in [0.25, 0.3) is 0 Å². The molecule has 2 aliphatic heterocycles. The second kappa shape index (κ2) is 14.0. The van der Waals surface area contributed by atoms with Crippen LogP contribution in [0.1, 0.15) is 26.2 Å². The van der Waals surface area contributed by atoms with Gasteiger partial charge in [0, 0.05) is 71.4 Å². The average Bonchev–Trinajstić information content (AvgIpc) is 2.85. The van der Waals surface area contributed by atoms with E-state index in [4.69, 9.17) is 9.47 Å². The van der Waals surface area contributed by atoms with E-state index in [-0.39, 0.29) is 12.5 Å². The molecule has 0 radical (unpaired) electrons. The van der Waals surface area contributed by atoms with Crippen LogP contribution in [0.5, 0.6) is 0 Å². The van der Waals surface area contributed by atoms with Crippen LogP contribution in [0, 0.1) is 5.92 Å². The van der Waals surface area contributed by atoms with E-state index < -0.39 is 0 Å². The summed E-state index contributed by atoms with van der Waals surface area (Å²) in [5.41, 5.74) is 1.22. The van der Waals surface area contributed by atoms with E-state index in [9.17, 15) is 4.79 Å². The largest absolute Gasteiger partial charge is 0.381 e. The predicted molar refractivity (Wildman–Crippen MR) is 128 cm³/mol. The number of carbonyl (C=O) groups is 1. The Morgan fingerprint density at radius 3 is 2.59 bits per heavy atom. The molecule has 2 saturated heterocycles. The third-order valence-electron chi connectivity index (χ3n) is 5.92. The molecule has 2 heterocycles. The second-order valence-electron chi connectivity index (χ2n) is 8.31. The topological polar surface area (TPSA) is 78.4 Å². The van der Waals surface area contributed by atoms with Gasteiger partial charge in [-0.05, 0) is 44.2 Å². The van der Waals surface area contributed by atoms with Gasteiger partial charge in [-0.1, -0.05) is 18.2 Å². The van der Waals surface area contributed by atoms with Crippen molar-refractivity contribution >= 4 is 17.6 Å². The Morgan fingerprint density at radius 1 is 1.12 bits per heavy atom. The minimum atomic E-state index is 0.0784. The van der Waals surface area contributed by atoms with Crippen molar-refractivity contribution in [1.82, 2.24) is 15.5 Å². The standard InChI is InChI=1S/C24H39N5O3/c1-2-25-24(26-11-6-16-32-20-21-9-17-31-18-10-21)27-19-23(30)29-14-12-28(13-15-29)22-7-4-3-5-8-22/h3-5,7-8,21H,2,6,9-20H2,1H3,(H2,25,26,27). The summed E-state index contributed by atoms with van der Waals surface area (Å²) in [5.74, 6) is 1.40. The number of hydrogen-bond acceptors (Lipinski definition) is 5. The van der Waals surface area contributed by atoms with Crippen LogP contribution in [0.3, 0.4) is 0 Å². The Kier molecular flexibility index (Phi) is 10.6. The number of anilines is 1. The highest BCUT2D eigenvalue weighted by molar-refractivity contribution is 5.85. The molecule has 0 saturated carbocycles. The molecule has 3 rings (SSSR count). The molecule has 0 unspecified atom stereocenters. The number of benzene rings is 1. The van der Waals surface area contributed by atoms with Crippen LogP contribution in [0.15, 0.2) is 35.3 Å². The van der Waals surface area contributed by atoms with Gasteiger partial charge in [-0.2, -0.15) is 0 Å². The van der Waals surface area contributed by atoms with Crippen molar-refractivity contribution < 1.29 is 14.3 Å². The quantitative estimate of drug-likeness (QED) is 0.324. The summed E-state index contributed by atoms with van der Waals surface area (Å²) in [6, 6.07) is 10.4. The molecule has 0 spiro atoms. The predicted octanol–water partition coefficient (Wildman–Crippen LogP) is 1.72. The zero-order valence-electron chi connectivity index (χ0n) is 19.4. The molecular formula is C24H39N5O3. The molecule has 2 aliphatic rings. The monoisotopic (exact) mass is 445 g/mol. The third-order valence-corrected chi connectivity index (χ3v) is 5.92. The molecular weight excluding hydrogens is 406 g/mol. The van der Waals surface area contributed by atoms with E-state index >= 15 is 0 Å². The minimum Gasteiger partial charge on any atom is -0.381 e. The molecule has 0 aromatic heterocycles. The number of nitrogens with one attached hydrogen (secondary N) is 2. The molecule has 8 heteroatoms. The normalized spacial score (nSPS) is 18.0. The molecule has 1 amide bonds. The van der Waals surface area contributed by atoms with Gasteiger partial charge in [0.25, 0.3) is 0 Å². The number of nitrogens with zero attached hydrogens (tertiary/aromatic N) is 3. The highest BCUT2D eigenvalue weighted by atomic mass is 16.5. The van der Waals surface area contributed by atoms with Gasteiger partial charge in [0.1, 0.15) is 6.54 Å². The Hall–Kier alpha value is -2.32. The van der Waals surface area contributed by atoms with Crippen LogP contribution in [-0.4, -0.2) is 89.0 Å². The van der Waals surface area contributed by atoms with Gasteiger partial charge in [-0.25, -0.2) is 4.99 Å². The Morgan fingerprint density at radius 2 is 1.88 bits per heavy atom. The molecule has 32 heavy (non-hydrogen) atoms. The van der Waals surface area contributed by atoms with E-state index in [1.165, 1.54) is 5.69 Å². The first-order valence-electron chi connectivity index (χ1n) is 12.0. The molecule has 2 fully saturated rings. The average molecular weight is 446 g/mol. The molecule has 8 nitrogen and oxygen atoms in total. The molecule has 1 aromatic carbocycles. The Balaban J connectivity index is 1.31. The van der Waals surface area contributed by atoms with Gasteiger partial charge in [0.05, 0.1) is 0 Å². The first-order chi connectivity index (χ1) is 15.8. The van der Waals surface area contributed by atoms with Gasteiger partial charge >= 0.3 is 0 Å². The smallest absolute Gasteiger partial charge is 0.244 e. The van der Waals surface area contributed by atoms with Gasteiger partial charge in [0.15, 0.2) is 5.96 Å². The number of hydrogen-bond donors (Lipinski definition) is 2.